The molecule has 0 bridgehead atoms. The minimum absolute atomic E-state index is 0.157. The Morgan fingerprint density at radius 1 is 1.35 bits per heavy atom. The SMILES string of the molecule is COCCN1CC2(CCC1=O)CCN(C(=O)C(C)n1ccnc1C)CC2. The van der Waals surface area contributed by atoms with Crippen molar-refractivity contribution in [3.63, 3.8) is 0 Å². The molecule has 3 heterocycles. The van der Waals surface area contributed by atoms with Crippen molar-refractivity contribution in [3.05, 3.63) is 18.2 Å². The second kappa shape index (κ2) is 7.78. The molecule has 3 rings (SSSR count). The van der Waals surface area contributed by atoms with Gasteiger partial charge in [-0.05, 0) is 38.5 Å². The van der Waals surface area contributed by atoms with Gasteiger partial charge in [0.15, 0.2) is 0 Å². The summed E-state index contributed by atoms with van der Waals surface area (Å²) in [5, 5.41) is 0. The number of hydrogen-bond acceptors (Lipinski definition) is 4. The molecule has 7 nitrogen and oxygen atoms in total. The van der Waals surface area contributed by atoms with Crippen LogP contribution in [-0.2, 0) is 14.3 Å². The molecule has 0 aliphatic carbocycles. The zero-order chi connectivity index (χ0) is 18.7. The van der Waals surface area contributed by atoms with E-state index in [0.717, 1.165) is 44.7 Å². The lowest BCUT2D eigenvalue weighted by Crippen LogP contribution is -2.53. The van der Waals surface area contributed by atoms with E-state index in [-0.39, 0.29) is 23.3 Å². The standard InChI is InChI=1S/C19H30N4O3/c1-15(23-11-8-20-16(23)2)18(25)21-9-6-19(7-10-21)5-4-17(24)22(14-19)12-13-26-3/h8,11,15H,4-7,9-10,12-14H2,1-3H3. The van der Waals surface area contributed by atoms with Crippen molar-refractivity contribution in [1.29, 1.82) is 0 Å². The van der Waals surface area contributed by atoms with Gasteiger partial charge in [0.05, 0.1) is 6.61 Å². The number of amides is 2. The molecule has 0 saturated carbocycles. The van der Waals surface area contributed by atoms with Gasteiger partial charge < -0.3 is 19.1 Å². The number of carbonyl (C=O) groups is 2. The second-order valence-electron chi connectivity index (χ2n) is 7.69. The lowest BCUT2D eigenvalue weighted by atomic mass is 9.72. The number of imidazole rings is 1. The van der Waals surface area contributed by atoms with Crippen LogP contribution in [0, 0.1) is 12.3 Å². The molecular weight excluding hydrogens is 332 g/mol. The van der Waals surface area contributed by atoms with Crippen molar-refractivity contribution in [1.82, 2.24) is 19.4 Å². The maximum Gasteiger partial charge on any atom is 0.245 e. The number of rotatable bonds is 5. The smallest absolute Gasteiger partial charge is 0.245 e. The molecule has 26 heavy (non-hydrogen) atoms. The summed E-state index contributed by atoms with van der Waals surface area (Å²) < 4.78 is 7.06. The summed E-state index contributed by atoms with van der Waals surface area (Å²) in [5.41, 5.74) is 0.159. The number of methoxy groups -OCH3 is 1. The molecule has 1 aromatic heterocycles. The fraction of sp³-hybridized carbons (Fsp3) is 0.737. The highest BCUT2D eigenvalue weighted by Crippen LogP contribution is 2.40. The van der Waals surface area contributed by atoms with E-state index in [1.165, 1.54) is 0 Å². The highest BCUT2D eigenvalue weighted by atomic mass is 16.5. The number of hydrogen-bond donors (Lipinski definition) is 0. The van der Waals surface area contributed by atoms with Crippen molar-refractivity contribution in [2.45, 2.75) is 45.6 Å². The first-order valence-electron chi connectivity index (χ1n) is 9.51. The lowest BCUT2D eigenvalue weighted by Gasteiger charge is -2.47. The number of piperidine rings is 2. The molecule has 144 valence electrons. The van der Waals surface area contributed by atoms with E-state index in [2.05, 4.69) is 4.98 Å². The zero-order valence-corrected chi connectivity index (χ0v) is 16.1. The molecule has 1 unspecified atom stereocenters. The third-order valence-corrected chi connectivity index (χ3v) is 6.09. The largest absolute Gasteiger partial charge is 0.383 e. The van der Waals surface area contributed by atoms with Crippen LogP contribution in [0.4, 0.5) is 0 Å². The molecule has 1 atom stereocenters. The number of carbonyl (C=O) groups excluding carboxylic acids is 2. The van der Waals surface area contributed by atoms with Crippen molar-refractivity contribution in [2.75, 3.05) is 39.9 Å². The van der Waals surface area contributed by atoms with Crippen molar-refractivity contribution >= 4 is 11.8 Å². The Hall–Kier alpha value is -1.89. The summed E-state index contributed by atoms with van der Waals surface area (Å²) in [7, 11) is 1.66. The van der Waals surface area contributed by atoms with Crippen LogP contribution < -0.4 is 0 Å². The average Bonchev–Trinajstić information content (AvgIpc) is 3.08. The molecule has 2 saturated heterocycles. The quantitative estimate of drug-likeness (QED) is 0.798. The Kier molecular flexibility index (Phi) is 5.65. The monoisotopic (exact) mass is 362 g/mol. The molecule has 0 aromatic carbocycles. The topological polar surface area (TPSA) is 67.7 Å². The van der Waals surface area contributed by atoms with Crippen LogP contribution >= 0.6 is 0 Å². The molecular formula is C19H30N4O3. The highest BCUT2D eigenvalue weighted by molar-refractivity contribution is 5.80. The summed E-state index contributed by atoms with van der Waals surface area (Å²) in [6.45, 7) is 7.43. The Balaban J connectivity index is 1.59. The van der Waals surface area contributed by atoms with E-state index < -0.39 is 0 Å². The first-order chi connectivity index (χ1) is 12.5. The number of aromatic nitrogens is 2. The molecule has 2 aliphatic heterocycles. The number of aryl methyl sites for hydroxylation is 1. The van der Waals surface area contributed by atoms with Crippen LogP contribution in [-0.4, -0.2) is 71.1 Å². The fourth-order valence-electron chi connectivity index (χ4n) is 4.30. The average molecular weight is 362 g/mol. The van der Waals surface area contributed by atoms with Gasteiger partial charge in [-0.1, -0.05) is 0 Å². The van der Waals surface area contributed by atoms with Gasteiger partial charge in [-0.15, -0.1) is 0 Å². The lowest BCUT2D eigenvalue weighted by molar-refractivity contribution is -0.144. The van der Waals surface area contributed by atoms with Gasteiger partial charge in [-0.25, -0.2) is 4.98 Å². The predicted octanol–water partition coefficient (Wildman–Crippen LogP) is 1.63. The van der Waals surface area contributed by atoms with Crippen molar-refractivity contribution in [2.24, 2.45) is 5.41 Å². The van der Waals surface area contributed by atoms with Crippen molar-refractivity contribution in [3.8, 4) is 0 Å². The van der Waals surface area contributed by atoms with E-state index in [1.54, 1.807) is 13.3 Å². The van der Waals surface area contributed by atoms with Gasteiger partial charge in [0.25, 0.3) is 0 Å². The third kappa shape index (κ3) is 3.77. The highest BCUT2D eigenvalue weighted by Gasteiger charge is 2.42. The molecule has 2 amide bonds. The molecule has 7 heteroatoms. The Bertz CT molecular complexity index is 649. The number of ether oxygens (including phenoxy) is 1. The summed E-state index contributed by atoms with van der Waals surface area (Å²) in [5.74, 6) is 1.25. The summed E-state index contributed by atoms with van der Waals surface area (Å²) in [4.78, 5) is 33.2. The van der Waals surface area contributed by atoms with E-state index in [1.807, 2.05) is 34.4 Å². The van der Waals surface area contributed by atoms with Crippen LogP contribution in [0.3, 0.4) is 0 Å². The fourth-order valence-corrected chi connectivity index (χ4v) is 4.30. The van der Waals surface area contributed by atoms with Crippen LogP contribution in [0.15, 0.2) is 12.4 Å². The van der Waals surface area contributed by atoms with E-state index in [0.29, 0.717) is 19.6 Å². The van der Waals surface area contributed by atoms with Crippen LogP contribution in [0.1, 0.15) is 44.5 Å². The molecule has 2 aliphatic rings. The normalized spacial score (nSPS) is 21.3. The number of nitrogens with zero attached hydrogens (tertiary/aromatic N) is 4. The summed E-state index contributed by atoms with van der Waals surface area (Å²) >= 11 is 0. The molecule has 1 spiro atoms. The maximum atomic E-state index is 12.9. The molecule has 0 N–H and O–H groups in total. The minimum atomic E-state index is -0.224. The van der Waals surface area contributed by atoms with E-state index in [4.69, 9.17) is 4.74 Å². The van der Waals surface area contributed by atoms with Gasteiger partial charge in [-0.3, -0.25) is 9.59 Å². The number of likely N-dealkylation sites (tertiary alicyclic amines) is 2. The molecule has 1 aromatic rings. The van der Waals surface area contributed by atoms with Gasteiger partial charge in [0.2, 0.25) is 11.8 Å². The second-order valence-corrected chi connectivity index (χ2v) is 7.69. The Morgan fingerprint density at radius 3 is 2.69 bits per heavy atom. The van der Waals surface area contributed by atoms with E-state index in [9.17, 15) is 9.59 Å². The van der Waals surface area contributed by atoms with Crippen LogP contribution in [0.2, 0.25) is 0 Å². The van der Waals surface area contributed by atoms with Gasteiger partial charge in [0, 0.05) is 52.1 Å². The summed E-state index contributed by atoms with van der Waals surface area (Å²) in [6.07, 6.45) is 7.08. The zero-order valence-electron chi connectivity index (χ0n) is 16.1. The van der Waals surface area contributed by atoms with Crippen LogP contribution in [0.5, 0.6) is 0 Å². The first-order valence-corrected chi connectivity index (χ1v) is 9.51. The Labute approximate surface area is 155 Å². The van der Waals surface area contributed by atoms with Crippen molar-refractivity contribution < 1.29 is 14.3 Å². The van der Waals surface area contributed by atoms with E-state index >= 15 is 0 Å². The Morgan fingerprint density at radius 2 is 2.08 bits per heavy atom. The van der Waals surface area contributed by atoms with Gasteiger partial charge in [-0.2, -0.15) is 0 Å². The van der Waals surface area contributed by atoms with Gasteiger partial charge in [0.1, 0.15) is 11.9 Å². The molecule has 0 radical (unpaired) electrons. The third-order valence-electron chi connectivity index (χ3n) is 6.09. The summed E-state index contributed by atoms with van der Waals surface area (Å²) in [6, 6.07) is -0.224. The van der Waals surface area contributed by atoms with Gasteiger partial charge >= 0.3 is 0 Å². The minimum Gasteiger partial charge on any atom is -0.383 e. The first kappa shape index (κ1) is 18.9. The predicted molar refractivity (Wildman–Crippen MR) is 97.6 cm³/mol. The maximum absolute atomic E-state index is 12.9. The molecule has 2 fully saturated rings. The van der Waals surface area contributed by atoms with Crippen LogP contribution in [0.25, 0.3) is 0 Å².